The van der Waals surface area contributed by atoms with Crippen LogP contribution in [0, 0.1) is 0 Å². The molecule has 1 amide bonds. The van der Waals surface area contributed by atoms with Crippen LogP contribution in [0.2, 0.25) is 0 Å². The first-order valence-corrected chi connectivity index (χ1v) is 5.12. The summed E-state index contributed by atoms with van der Waals surface area (Å²) in [7, 11) is 0. The van der Waals surface area contributed by atoms with Crippen LogP contribution < -0.4 is 5.32 Å². The van der Waals surface area contributed by atoms with E-state index in [9.17, 15) is 9.59 Å². The lowest BCUT2D eigenvalue weighted by Gasteiger charge is -2.07. The maximum atomic E-state index is 11.3. The molecule has 1 aromatic rings. The monoisotopic (exact) mass is 203 g/mol. The van der Waals surface area contributed by atoms with Crippen molar-refractivity contribution >= 4 is 11.7 Å². The van der Waals surface area contributed by atoms with Crippen molar-refractivity contribution in [3.05, 3.63) is 35.9 Å². The summed E-state index contributed by atoms with van der Waals surface area (Å²) < 4.78 is 0. The third-order valence-electron chi connectivity index (χ3n) is 2.62. The fourth-order valence-electron chi connectivity index (χ4n) is 1.80. The molecule has 0 saturated carbocycles. The Morgan fingerprint density at radius 2 is 1.93 bits per heavy atom. The molecule has 1 fully saturated rings. The fourth-order valence-corrected chi connectivity index (χ4v) is 1.80. The zero-order valence-electron chi connectivity index (χ0n) is 8.40. The highest BCUT2D eigenvalue weighted by Crippen LogP contribution is 2.10. The Bertz CT molecular complexity index is 372. The molecule has 0 spiro atoms. The number of ketones is 1. The lowest BCUT2D eigenvalue weighted by atomic mass is 10.0. The van der Waals surface area contributed by atoms with Crippen LogP contribution in [0.15, 0.2) is 30.3 Å². The van der Waals surface area contributed by atoms with Crippen LogP contribution >= 0.6 is 0 Å². The van der Waals surface area contributed by atoms with E-state index in [1.807, 2.05) is 30.3 Å². The second-order valence-electron chi connectivity index (χ2n) is 3.79. The third kappa shape index (κ3) is 2.43. The molecule has 1 aliphatic rings. The molecule has 0 radical (unpaired) electrons. The molecule has 1 aliphatic heterocycles. The van der Waals surface area contributed by atoms with E-state index in [4.69, 9.17) is 0 Å². The number of Topliss-reactive ketones (excluding diaryl/α,β-unsaturated/α-hetero) is 1. The van der Waals surface area contributed by atoms with Crippen LogP contribution in [0.25, 0.3) is 0 Å². The number of amides is 1. The van der Waals surface area contributed by atoms with Crippen LogP contribution in [-0.4, -0.2) is 17.7 Å². The predicted molar refractivity (Wildman–Crippen MR) is 56.3 cm³/mol. The van der Waals surface area contributed by atoms with Crippen molar-refractivity contribution in [1.29, 1.82) is 0 Å². The van der Waals surface area contributed by atoms with Gasteiger partial charge in [-0.15, -0.1) is 0 Å². The average Bonchev–Trinajstić information content (AvgIpc) is 2.56. The molecule has 0 aliphatic carbocycles. The molecule has 1 N–H and O–H groups in total. The van der Waals surface area contributed by atoms with Crippen LogP contribution in [0.3, 0.4) is 0 Å². The van der Waals surface area contributed by atoms with Gasteiger partial charge >= 0.3 is 0 Å². The van der Waals surface area contributed by atoms with Gasteiger partial charge in [0.05, 0.1) is 12.5 Å². The minimum atomic E-state index is -0.266. The number of hydrogen-bond donors (Lipinski definition) is 1. The van der Waals surface area contributed by atoms with E-state index in [-0.39, 0.29) is 24.2 Å². The van der Waals surface area contributed by atoms with Crippen LogP contribution in [0.5, 0.6) is 0 Å². The molecule has 0 aromatic heterocycles. The Balaban J connectivity index is 1.89. The summed E-state index contributed by atoms with van der Waals surface area (Å²) in [5.41, 5.74) is 1.20. The zero-order valence-corrected chi connectivity index (χ0v) is 8.40. The first-order chi connectivity index (χ1) is 7.25. The van der Waals surface area contributed by atoms with Crippen molar-refractivity contribution in [2.75, 3.05) is 0 Å². The molecule has 15 heavy (non-hydrogen) atoms. The van der Waals surface area contributed by atoms with Gasteiger partial charge in [-0.05, 0) is 18.4 Å². The van der Waals surface area contributed by atoms with Crippen LogP contribution in [0.1, 0.15) is 18.4 Å². The number of carbonyl (C=O) groups is 2. The molecular weight excluding hydrogens is 190 g/mol. The minimum absolute atomic E-state index is 0.0240. The van der Waals surface area contributed by atoms with Gasteiger partial charge < -0.3 is 5.32 Å². The van der Waals surface area contributed by atoms with Crippen molar-refractivity contribution in [2.24, 2.45) is 0 Å². The van der Waals surface area contributed by atoms with Crippen molar-refractivity contribution in [3.63, 3.8) is 0 Å². The van der Waals surface area contributed by atoms with Gasteiger partial charge in [-0.25, -0.2) is 0 Å². The van der Waals surface area contributed by atoms with Gasteiger partial charge in [-0.3, -0.25) is 9.59 Å². The Morgan fingerprint density at radius 3 is 2.53 bits per heavy atom. The fraction of sp³-hybridized carbons (Fsp3) is 0.333. The standard InChI is InChI=1S/C12H13NO2/c14-11-8-12(15)13-10(11)7-6-9-4-2-1-3-5-9/h1-5,10H,6-8H2,(H,13,15). The van der Waals surface area contributed by atoms with Crippen molar-refractivity contribution in [1.82, 2.24) is 5.32 Å². The second-order valence-corrected chi connectivity index (χ2v) is 3.79. The van der Waals surface area contributed by atoms with Crippen molar-refractivity contribution < 1.29 is 9.59 Å². The van der Waals surface area contributed by atoms with E-state index in [0.717, 1.165) is 6.42 Å². The second kappa shape index (κ2) is 4.26. The average molecular weight is 203 g/mol. The summed E-state index contributed by atoms with van der Waals surface area (Å²) in [6.07, 6.45) is 1.59. The van der Waals surface area contributed by atoms with E-state index in [0.29, 0.717) is 6.42 Å². The van der Waals surface area contributed by atoms with Gasteiger partial charge in [0, 0.05) is 0 Å². The maximum Gasteiger partial charge on any atom is 0.228 e. The highest BCUT2D eigenvalue weighted by Gasteiger charge is 2.29. The van der Waals surface area contributed by atoms with E-state index < -0.39 is 0 Å². The summed E-state index contributed by atoms with van der Waals surface area (Å²) in [6.45, 7) is 0. The van der Waals surface area contributed by atoms with Crippen LogP contribution in [0.4, 0.5) is 0 Å². The van der Waals surface area contributed by atoms with Gasteiger partial charge in [0.2, 0.25) is 5.91 Å². The summed E-state index contributed by atoms with van der Waals surface area (Å²) in [4.78, 5) is 22.3. The first-order valence-electron chi connectivity index (χ1n) is 5.12. The minimum Gasteiger partial charge on any atom is -0.346 e. The number of benzene rings is 1. The topological polar surface area (TPSA) is 46.2 Å². The highest BCUT2D eigenvalue weighted by atomic mass is 16.2. The van der Waals surface area contributed by atoms with Crippen LogP contribution in [-0.2, 0) is 16.0 Å². The molecular formula is C12H13NO2. The lowest BCUT2D eigenvalue weighted by Crippen LogP contribution is -2.29. The number of carbonyl (C=O) groups excluding carboxylic acids is 2. The van der Waals surface area contributed by atoms with Gasteiger partial charge in [0.1, 0.15) is 0 Å². The molecule has 1 heterocycles. The van der Waals surface area contributed by atoms with Gasteiger partial charge in [-0.1, -0.05) is 30.3 Å². The highest BCUT2D eigenvalue weighted by molar-refractivity contribution is 6.07. The quantitative estimate of drug-likeness (QED) is 0.747. The smallest absolute Gasteiger partial charge is 0.228 e. The van der Waals surface area contributed by atoms with Gasteiger partial charge in [0.15, 0.2) is 5.78 Å². The van der Waals surface area contributed by atoms with E-state index >= 15 is 0 Å². The molecule has 3 nitrogen and oxygen atoms in total. The normalized spacial score (nSPS) is 20.4. The number of aryl methyl sites for hydroxylation is 1. The van der Waals surface area contributed by atoms with Crippen molar-refractivity contribution in [3.8, 4) is 0 Å². The first kappa shape index (κ1) is 9.90. The molecule has 1 aromatic carbocycles. The Kier molecular flexibility index (Phi) is 2.81. The summed E-state index contributed by atoms with van der Waals surface area (Å²) in [5.74, 6) is -0.117. The Morgan fingerprint density at radius 1 is 1.20 bits per heavy atom. The summed E-state index contributed by atoms with van der Waals surface area (Å²) in [6, 6.07) is 9.71. The maximum absolute atomic E-state index is 11.3. The largest absolute Gasteiger partial charge is 0.346 e. The summed E-state index contributed by atoms with van der Waals surface area (Å²) >= 11 is 0. The number of rotatable bonds is 3. The number of nitrogens with one attached hydrogen (secondary N) is 1. The molecule has 1 atom stereocenters. The molecule has 3 heteroatoms. The Labute approximate surface area is 88.5 Å². The van der Waals surface area contributed by atoms with Gasteiger partial charge in [-0.2, -0.15) is 0 Å². The Hall–Kier alpha value is -1.64. The zero-order chi connectivity index (χ0) is 10.7. The molecule has 78 valence electrons. The summed E-state index contributed by atoms with van der Waals surface area (Å²) in [5, 5.41) is 2.69. The SMILES string of the molecule is O=C1CC(=O)C(CCc2ccccc2)N1. The molecule has 0 bridgehead atoms. The third-order valence-corrected chi connectivity index (χ3v) is 2.62. The van der Waals surface area contributed by atoms with Crippen molar-refractivity contribution in [2.45, 2.75) is 25.3 Å². The molecule has 2 rings (SSSR count). The van der Waals surface area contributed by atoms with E-state index in [2.05, 4.69) is 5.32 Å². The molecule has 1 unspecified atom stereocenters. The van der Waals surface area contributed by atoms with E-state index in [1.165, 1.54) is 5.56 Å². The predicted octanol–water partition coefficient (Wildman–Crippen LogP) is 1.08. The number of hydrogen-bond acceptors (Lipinski definition) is 2. The lowest BCUT2D eigenvalue weighted by molar-refractivity contribution is -0.122. The van der Waals surface area contributed by atoms with E-state index in [1.54, 1.807) is 0 Å². The van der Waals surface area contributed by atoms with Gasteiger partial charge in [0.25, 0.3) is 0 Å². The molecule has 1 saturated heterocycles.